The first-order chi connectivity index (χ1) is 30.5. The molecule has 2 bridgehead atoms. The topological polar surface area (TPSA) is 202 Å². The Kier molecular flexibility index (Phi) is 16.3. The molecular formula is C49H69N3O12. The largest absolute Gasteiger partial charge is 0.508 e. The van der Waals surface area contributed by atoms with Gasteiger partial charge in [0.15, 0.2) is 11.8 Å². The summed E-state index contributed by atoms with van der Waals surface area (Å²) in [6.07, 6.45) is 6.44. The Morgan fingerprint density at radius 3 is 2.34 bits per heavy atom. The third-order valence-corrected chi connectivity index (χ3v) is 12.7. The predicted octanol–water partition coefficient (Wildman–Crippen LogP) is 5.55. The van der Waals surface area contributed by atoms with Crippen LogP contribution in [0.2, 0.25) is 0 Å². The van der Waals surface area contributed by atoms with E-state index in [1.54, 1.807) is 32.9 Å². The first-order valence-corrected chi connectivity index (χ1v) is 23.2. The maximum Gasteiger partial charge on any atom is 0.327 e. The Bertz CT molecular complexity index is 1960. The molecule has 352 valence electrons. The zero-order chi connectivity index (χ0) is 46.2. The highest BCUT2D eigenvalue weighted by Crippen LogP contribution is 2.58. The molecule has 4 fully saturated rings. The van der Waals surface area contributed by atoms with E-state index in [4.69, 9.17) is 23.8 Å². The number of hydrogen-bond acceptors (Lipinski definition) is 13. The molecule has 5 N–H and O–H groups in total. The van der Waals surface area contributed by atoms with Crippen molar-refractivity contribution in [1.29, 1.82) is 0 Å². The van der Waals surface area contributed by atoms with E-state index >= 15 is 4.79 Å². The minimum Gasteiger partial charge on any atom is -0.508 e. The number of phenols is 1. The van der Waals surface area contributed by atoms with Gasteiger partial charge >= 0.3 is 11.9 Å². The minimum atomic E-state index is -1.64. The van der Waals surface area contributed by atoms with Crippen molar-refractivity contribution in [2.75, 3.05) is 6.61 Å². The number of unbranched alkanes of at least 4 members (excludes halogenated alkanes) is 4. The average Bonchev–Trinajstić information content (AvgIpc) is 3.80. The van der Waals surface area contributed by atoms with Crippen LogP contribution in [-0.2, 0) is 55.9 Å². The van der Waals surface area contributed by atoms with Gasteiger partial charge in [-0.25, -0.2) is 0 Å². The number of benzene rings is 2. The number of carbonyl (C=O) groups excluding carboxylic acids is 4. The Hall–Kier alpha value is -4.38. The lowest BCUT2D eigenvalue weighted by atomic mass is 9.62. The van der Waals surface area contributed by atoms with Crippen LogP contribution < -0.4 is 10.6 Å². The van der Waals surface area contributed by atoms with Crippen molar-refractivity contribution < 1.29 is 58.3 Å². The third-order valence-electron chi connectivity index (χ3n) is 12.7. The number of phenolic OH excluding ortho intramolecular Hbond substituents is 1. The van der Waals surface area contributed by atoms with Crippen LogP contribution in [0.1, 0.15) is 129 Å². The zero-order valence-electron chi connectivity index (χ0n) is 38.3. The van der Waals surface area contributed by atoms with Gasteiger partial charge in [0.2, 0.25) is 11.8 Å². The molecule has 1 saturated carbocycles. The molecule has 6 rings (SSSR count). The highest BCUT2D eigenvalue weighted by molar-refractivity contribution is 5.96. The van der Waals surface area contributed by atoms with Crippen molar-refractivity contribution >= 4 is 29.8 Å². The van der Waals surface area contributed by atoms with E-state index in [2.05, 4.69) is 24.5 Å². The molecule has 2 aromatic rings. The van der Waals surface area contributed by atoms with E-state index in [1.807, 2.05) is 48.6 Å². The highest BCUT2D eigenvalue weighted by atomic mass is 16.8. The lowest BCUT2D eigenvalue weighted by molar-refractivity contribution is -0.224. The molecule has 9 atom stereocenters. The number of nitrogens with one attached hydrogen (secondary N) is 2. The molecule has 15 heteroatoms. The second kappa shape index (κ2) is 21.3. The molecule has 4 aliphatic rings. The summed E-state index contributed by atoms with van der Waals surface area (Å²) < 4.78 is 25.4. The Morgan fingerprint density at radius 1 is 0.984 bits per heavy atom. The number of aliphatic hydroxyl groups is 2. The lowest BCUT2D eigenvalue weighted by Crippen LogP contribution is -2.71. The number of hydroxylamine groups is 2. The van der Waals surface area contributed by atoms with E-state index in [-0.39, 0.29) is 31.6 Å². The van der Waals surface area contributed by atoms with Crippen LogP contribution in [-0.4, -0.2) is 111 Å². The standard InChI is InChI=1S/C49H69N3O12/c1-7-9-13-25-48(26-14-10-8-2)62-40-37-28-49(46(59)51-39(31(3)54)44(57)50-35(30-53)23-24-38(56)61-47(4,5)6)42(45(58)60-37)52(64-43(49)41(40)63-48)29-33-19-15-17-32(27-33)18-16-21-34-20-11-12-22-36(34)55/h11-12,15-20,22,27,31,35,37,39-43,53-55H,7-10,13-14,21,23-26,28-30H2,1-6H3,(H,50,57)(H,51,59)/t31-,35-,37?,39+,40-,41-,42-,43+,49?/m0/s1. The summed E-state index contributed by atoms with van der Waals surface area (Å²) in [6, 6.07) is 11.2. The summed E-state index contributed by atoms with van der Waals surface area (Å²) in [4.78, 5) is 62.7. The highest BCUT2D eigenvalue weighted by Gasteiger charge is 2.76. The van der Waals surface area contributed by atoms with E-state index in [0.717, 1.165) is 55.2 Å². The van der Waals surface area contributed by atoms with Crippen molar-refractivity contribution in [1.82, 2.24) is 15.7 Å². The van der Waals surface area contributed by atoms with Crippen LogP contribution in [0.15, 0.2) is 54.6 Å². The fourth-order valence-corrected chi connectivity index (χ4v) is 9.54. The number of aromatic hydroxyl groups is 1. The van der Waals surface area contributed by atoms with Gasteiger partial charge in [0, 0.05) is 25.7 Å². The van der Waals surface area contributed by atoms with Gasteiger partial charge in [0.1, 0.15) is 47.2 Å². The molecule has 0 aromatic heterocycles. The second-order valence-corrected chi connectivity index (χ2v) is 18.9. The number of hydrogen-bond donors (Lipinski definition) is 5. The fraction of sp³-hybridized carbons (Fsp3) is 0.633. The molecule has 1 aliphatic carbocycles. The van der Waals surface area contributed by atoms with Crippen LogP contribution in [0.3, 0.4) is 0 Å². The maximum atomic E-state index is 15.2. The molecule has 0 spiro atoms. The van der Waals surface area contributed by atoms with Gasteiger partial charge in [-0.15, -0.1) is 0 Å². The number of amides is 2. The second-order valence-electron chi connectivity index (χ2n) is 18.9. The summed E-state index contributed by atoms with van der Waals surface area (Å²) in [5, 5.41) is 38.4. The van der Waals surface area contributed by atoms with Crippen molar-refractivity contribution in [3.63, 3.8) is 0 Å². The summed E-state index contributed by atoms with van der Waals surface area (Å²) in [5.74, 6) is -3.42. The van der Waals surface area contributed by atoms with E-state index in [0.29, 0.717) is 19.3 Å². The van der Waals surface area contributed by atoms with Gasteiger partial charge in [-0.3, -0.25) is 24.0 Å². The number of carbonyl (C=O) groups is 4. The first-order valence-electron chi connectivity index (χ1n) is 23.2. The number of aliphatic hydroxyl groups excluding tert-OH is 2. The Labute approximate surface area is 377 Å². The SMILES string of the molecule is CCCCCC1(CCCCC)O[C@@H]2[C@H]3ON(Cc4cccc(C=CCc5ccccc5O)c4)[C@H]4C(=O)OC(CC34C(=O)N[C@@H](C(=O)N[C@H](CO)CCC(=O)OC(C)(C)C)[C@H](C)O)[C@@H]2O1. The molecule has 15 nitrogen and oxygen atoms in total. The molecule has 2 aromatic carbocycles. The maximum absolute atomic E-state index is 15.2. The number of rotatable bonds is 22. The van der Waals surface area contributed by atoms with Crippen molar-refractivity contribution in [3.8, 4) is 5.75 Å². The van der Waals surface area contributed by atoms with Crippen LogP contribution in [0.4, 0.5) is 0 Å². The number of esters is 2. The number of nitrogens with zero attached hydrogens (tertiary/aromatic N) is 1. The van der Waals surface area contributed by atoms with Crippen molar-refractivity contribution in [3.05, 3.63) is 71.3 Å². The number of ether oxygens (including phenoxy) is 4. The van der Waals surface area contributed by atoms with Gasteiger partial charge in [0.25, 0.3) is 0 Å². The molecule has 64 heavy (non-hydrogen) atoms. The first kappa shape index (κ1) is 49.1. The van der Waals surface area contributed by atoms with Crippen LogP contribution in [0.25, 0.3) is 6.08 Å². The van der Waals surface area contributed by atoms with E-state index in [9.17, 15) is 29.7 Å². The van der Waals surface area contributed by atoms with Crippen molar-refractivity contribution in [2.45, 2.75) is 185 Å². The predicted molar refractivity (Wildman–Crippen MR) is 237 cm³/mol. The van der Waals surface area contributed by atoms with Crippen LogP contribution in [0.5, 0.6) is 5.75 Å². The molecule has 2 unspecified atom stereocenters. The lowest BCUT2D eigenvalue weighted by Gasteiger charge is -2.49. The van der Waals surface area contributed by atoms with Crippen LogP contribution in [0, 0.1) is 5.41 Å². The Balaban J connectivity index is 1.29. The monoisotopic (exact) mass is 891 g/mol. The normalized spacial score (nSPS) is 26.2. The van der Waals surface area contributed by atoms with Gasteiger partial charge in [-0.2, -0.15) is 5.06 Å². The summed E-state index contributed by atoms with van der Waals surface area (Å²) in [6.45, 7) is 10.4. The van der Waals surface area contributed by atoms with E-state index in [1.165, 1.54) is 12.0 Å². The fourth-order valence-electron chi connectivity index (χ4n) is 9.54. The van der Waals surface area contributed by atoms with Gasteiger partial charge in [-0.05, 0) is 76.1 Å². The molecule has 0 radical (unpaired) electrons. The van der Waals surface area contributed by atoms with Gasteiger partial charge < -0.3 is 44.9 Å². The number of para-hydroxylation sites is 1. The molecule has 3 heterocycles. The summed E-state index contributed by atoms with van der Waals surface area (Å²) in [5.41, 5.74) is 0.0980. The van der Waals surface area contributed by atoms with E-state index < -0.39 is 95.8 Å². The Morgan fingerprint density at radius 2 is 1.69 bits per heavy atom. The van der Waals surface area contributed by atoms with Crippen LogP contribution >= 0.6 is 0 Å². The van der Waals surface area contributed by atoms with Crippen molar-refractivity contribution in [2.24, 2.45) is 5.41 Å². The minimum absolute atomic E-state index is 0.0132. The molecule has 2 amide bonds. The number of allylic oxidation sites excluding steroid dienone is 1. The zero-order valence-corrected chi connectivity index (χ0v) is 38.3. The summed E-state index contributed by atoms with van der Waals surface area (Å²) in [7, 11) is 0. The number of fused-ring (bicyclic) bond motifs is 4. The third kappa shape index (κ3) is 11.3. The molecule has 3 aliphatic heterocycles. The summed E-state index contributed by atoms with van der Waals surface area (Å²) >= 11 is 0. The molecular weight excluding hydrogens is 823 g/mol. The average molecular weight is 892 g/mol. The molecule has 3 saturated heterocycles. The smallest absolute Gasteiger partial charge is 0.327 e. The van der Waals surface area contributed by atoms with Gasteiger partial charge in [0.05, 0.1) is 25.3 Å². The quantitative estimate of drug-likeness (QED) is 0.0728. The van der Waals surface area contributed by atoms with Gasteiger partial charge in [-0.1, -0.05) is 94.1 Å².